The van der Waals surface area contributed by atoms with Crippen molar-refractivity contribution in [1.82, 2.24) is 5.32 Å². The van der Waals surface area contributed by atoms with E-state index in [-0.39, 0.29) is 5.91 Å². The average Bonchev–Trinajstić information content (AvgIpc) is 2.86. The van der Waals surface area contributed by atoms with Crippen LogP contribution >= 0.6 is 0 Å². The minimum atomic E-state index is 0.105. The molecule has 0 bridgehead atoms. The molecule has 2 unspecified atom stereocenters. The van der Waals surface area contributed by atoms with Gasteiger partial charge in [-0.2, -0.15) is 0 Å². The van der Waals surface area contributed by atoms with Crippen LogP contribution in [0.5, 0.6) is 5.75 Å². The fraction of sp³-hybridized carbons (Fsp3) is 0.533. The summed E-state index contributed by atoms with van der Waals surface area (Å²) in [6.07, 6.45) is 5.06. The second kappa shape index (κ2) is 5.21. The van der Waals surface area contributed by atoms with Crippen molar-refractivity contribution in [3.05, 3.63) is 23.8 Å². The third-order valence-corrected chi connectivity index (χ3v) is 4.07. The minimum Gasteiger partial charge on any atom is -0.490 e. The van der Waals surface area contributed by atoms with Gasteiger partial charge < -0.3 is 15.4 Å². The van der Waals surface area contributed by atoms with E-state index in [0.717, 1.165) is 30.7 Å². The smallest absolute Gasteiger partial charge is 0.224 e. The standard InChI is InChI=1S/C15H20N2O2/c1-16-11-3-4-13(9-11)19-12-5-6-14-10(8-12)2-7-15(18)17-14/h5-6,8,11,13,16H,2-4,7,9H2,1H3,(H,17,18). The molecule has 1 aliphatic carbocycles. The Morgan fingerprint density at radius 1 is 1.32 bits per heavy atom. The van der Waals surface area contributed by atoms with E-state index in [2.05, 4.69) is 16.7 Å². The number of aryl methyl sites for hydroxylation is 1. The molecule has 102 valence electrons. The van der Waals surface area contributed by atoms with Crippen molar-refractivity contribution < 1.29 is 9.53 Å². The Labute approximate surface area is 113 Å². The zero-order chi connectivity index (χ0) is 13.2. The van der Waals surface area contributed by atoms with Gasteiger partial charge in [-0.1, -0.05) is 0 Å². The number of carbonyl (C=O) groups excluding carboxylic acids is 1. The van der Waals surface area contributed by atoms with Crippen LogP contribution in [0.1, 0.15) is 31.2 Å². The highest BCUT2D eigenvalue weighted by molar-refractivity contribution is 5.93. The lowest BCUT2D eigenvalue weighted by Gasteiger charge is -2.19. The van der Waals surface area contributed by atoms with E-state index in [9.17, 15) is 4.79 Å². The molecule has 1 saturated carbocycles. The Morgan fingerprint density at radius 2 is 2.21 bits per heavy atom. The lowest BCUT2D eigenvalue weighted by Crippen LogP contribution is -2.23. The molecule has 1 aliphatic heterocycles. The molecule has 4 heteroatoms. The summed E-state index contributed by atoms with van der Waals surface area (Å²) >= 11 is 0. The first-order valence-electron chi connectivity index (χ1n) is 7.01. The Morgan fingerprint density at radius 3 is 3.00 bits per heavy atom. The molecule has 1 aromatic carbocycles. The van der Waals surface area contributed by atoms with Crippen molar-refractivity contribution in [2.24, 2.45) is 0 Å². The molecule has 1 amide bonds. The predicted octanol–water partition coefficient (Wildman–Crippen LogP) is 2.09. The van der Waals surface area contributed by atoms with Crippen LogP contribution in [0.2, 0.25) is 0 Å². The molecule has 0 radical (unpaired) electrons. The Bertz CT molecular complexity index is 487. The van der Waals surface area contributed by atoms with Gasteiger partial charge >= 0.3 is 0 Å². The summed E-state index contributed by atoms with van der Waals surface area (Å²) in [7, 11) is 2.01. The number of carbonyl (C=O) groups is 1. The van der Waals surface area contributed by atoms with E-state index < -0.39 is 0 Å². The maximum atomic E-state index is 11.3. The van der Waals surface area contributed by atoms with Crippen LogP contribution in [0.25, 0.3) is 0 Å². The van der Waals surface area contributed by atoms with Gasteiger partial charge in [-0.25, -0.2) is 0 Å². The fourth-order valence-corrected chi connectivity index (χ4v) is 2.93. The number of hydrogen-bond donors (Lipinski definition) is 2. The summed E-state index contributed by atoms with van der Waals surface area (Å²) in [4.78, 5) is 11.3. The zero-order valence-electron chi connectivity index (χ0n) is 11.2. The van der Waals surface area contributed by atoms with Crippen LogP contribution in [0.4, 0.5) is 5.69 Å². The van der Waals surface area contributed by atoms with Crippen molar-refractivity contribution in [1.29, 1.82) is 0 Å². The minimum absolute atomic E-state index is 0.105. The number of anilines is 1. The van der Waals surface area contributed by atoms with Crippen LogP contribution < -0.4 is 15.4 Å². The van der Waals surface area contributed by atoms with E-state index in [1.54, 1.807) is 0 Å². The first kappa shape index (κ1) is 12.5. The summed E-state index contributed by atoms with van der Waals surface area (Å²) in [5, 5.41) is 6.20. The number of nitrogens with one attached hydrogen (secondary N) is 2. The van der Waals surface area contributed by atoms with E-state index in [4.69, 9.17) is 4.74 Å². The third-order valence-electron chi connectivity index (χ3n) is 4.07. The topological polar surface area (TPSA) is 50.4 Å². The molecule has 1 fully saturated rings. The molecule has 3 rings (SSSR count). The molecule has 2 atom stereocenters. The summed E-state index contributed by atoms with van der Waals surface area (Å²) in [5.41, 5.74) is 2.11. The van der Waals surface area contributed by atoms with Gasteiger partial charge in [0.1, 0.15) is 11.9 Å². The Hall–Kier alpha value is -1.55. The van der Waals surface area contributed by atoms with Gasteiger partial charge in [0.15, 0.2) is 0 Å². The van der Waals surface area contributed by atoms with Crippen LogP contribution in [0.3, 0.4) is 0 Å². The number of rotatable bonds is 3. The lowest BCUT2D eigenvalue weighted by molar-refractivity contribution is -0.116. The highest BCUT2D eigenvalue weighted by Gasteiger charge is 2.25. The van der Waals surface area contributed by atoms with Crippen LogP contribution in [0.15, 0.2) is 18.2 Å². The summed E-state index contributed by atoms with van der Waals surface area (Å²) in [6, 6.07) is 6.56. The van der Waals surface area contributed by atoms with Crippen LogP contribution in [0, 0.1) is 0 Å². The van der Waals surface area contributed by atoms with E-state index in [1.165, 1.54) is 12.0 Å². The molecule has 2 aliphatic rings. The van der Waals surface area contributed by atoms with E-state index in [0.29, 0.717) is 18.6 Å². The van der Waals surface area contributed by atoms with Gasteiger partial charge in [0.05, 0.1) is 0 Å². The second-order valence-corrected chi connectivity index (χ2v) is 5.41. The lowest BCUT2D eigenvalue weighted by atomic mass is 10.0. The maximum Gasteiger partial charge on any atom is 0.224 e. The van der Waals surface area contributed by atoms with Crippen molar-refractivity contribution in [3.63, 3.8) is 0 Å². The van der Waals surface area contributed by atoms with E-state index in [1.807, 2.05) is 19.2 Å². The maximum absolute atomic E-state index is 11.3. The van der Waals surface area contributed by atoms with Gasteiger partial charge in [0.2, 0.25) is 5.91 Å². The number of fused-ring (bicyclic) bond motifs is 1. The van der Waals surface area contributed by atoms with Gasteiger partial charge in [-0.15, -0.1) is 0 Å². The molecular formula is C15H20N2O2. The zero-order valence-corrected chi connectivity index (χ0v) is 11.2. The highest BCUT2D eigenvalue weighted by Crippen LogP contribution is 2.29. The van der Waals surface area contributed by atoms with Crippen molar-refractivity contribution in [2.75, 3.05) is 12.4 Å². The number of amides is 1. The monoisotopic (exact) mass is 260 g/mol. The first-order chi connectivity index (χ1) is 9.24. The fourth-order valence-electron chi connectivity index (χ4n) is 2.93. The molecule has 0 saturated heterocycles. The highest BCUT2D eigenvalue weighted by atomic mass is 16.5. The van der Waals surface area contributed by atoms with Gasteiger partial charge in [0.25, 0.3) is 0 Å². The first-order valence-corrected chi connectivity index (χ1v) is 7.01. The van der Waals surface area contributed by atoms with Crippen molar-refractivity contribution in [3.8, 4) is 5.75 Å². The van der Waals surface area contributed by atoms with Crippen LogP contribution in [-0.2, 0) is 11.2 Å². The normalized spacial score (nSPS) is 25.8. The predicted molar refractivity (Wildman–Crippen MR) is 74.5 cm³/mol. The Kier molecular flexibility index (Phi) is 3.42. The van der Waals surface area contributed by atoms with Gasteiger partial charge in [-0.3, -0.25) is 4.79 Å². The Balaban J connectivity index is 1.68. The molecule has 1 heterocycles. The number of ether oxygens (including phenoxy) is 1. The largest absolute Gasteiger partial charge is 0.490 e. The molecule has 4 nitrogen and oxygen atoms in total. The van der Waals surface area contributed by atoms with E-state index >= 15 is 0 Å². The summed E-state index contributed by atoms with van der Waals surface area (Å²) in [5.74, 6) is 1.03. The molecule has 19 heavy (non-hydrogen) atoms. The SMILES string of the molecule is CNC1CCC(Oc2ccc3c(c2)CCC(=O)N3)C1. The van der Waals surface area contributed by atoms with Gasteiger partial charge in [0, 0.05) is 18.2 Å². The molecule has 1 aromatic rings. The molecule has 2 N–H and O–H groups in total. The second-order valence-electron chi connectivity index (χ2n) is 5.41. The quantitative estimate of drug-likeness (QED) is 0.875. The molecule has 0 spiro atoms. The number of hydrogen-bond acceptors (Lipinski definition) is 3. The summed E-state index contributed by atoms with van der Waals surface area (Å²) in [6.45, 7) is 0. The summed E-state index contributed by atoms with van der Waals surface area (Å²) < 4.78 is 6.05. The van der Waals surface area contributed by atoms with Gasteiger partial charge in [-0.05, 0) is 56.5 Å². The van der Waals surface area contributed by atoms with Crippen LogP contribution in [-0.4, -0.2) is 25.1 Å². The van der Waals surface area contributed by atoms with Crippen molar-refractivity contribution in [2.45, 2.75) is 44.2 Å². The molecular weight excluding hydrogens is 240 g/mol. The number of benzene rings is 1. The average molecular weight is 260 g/mol. The van der Waals surface area contributed by atoms with Crippen molar-refractivity contribution >= 4 is 11.6 Å². The third kappa shape index (κ3) is 2.73. The molecule has 0 aromatic heterocycles.